The van der Waals surface area contributed by atoms with Crippen molar-refractivity contribution in [1.29, 1.82) is 0 Å². The Hall–Kier alpha value is -6.79. The minimum Gasteiger partial charge on any atom is -0.305 e. The Balaban J connectivity index is 0.000000179. The Bertz CT molecular complexity index is 2320. The molecule has 57 heavy (non-hydrogen) atoms. The van der Waals surface area contributed by atoms with Crippen LogP contribution in [0.4, 0.5) is 0 Å². The third-order valence-corrected chi connectivity index (χ3v) is 8.56. The number of nitrogens with zero attached hydrogens (tertiary/aromatic N) is 6. The van der Waals surface area contributed by atoms with Crippen LogP contribution in [0.15, 0.2) is 188 Å². The first-order valence-corrected chi connectivity index (χ1v) is 18.2. The quantitative estimate of drug-likeness (QED) is 0.155. The van der Waals surface area contributed by atoms with Crippen LogP contribution in [0.3, 0.4) is 0 Å². The van der Waals surface area contributed by atoms with Gasteiger partial charge in [-0.1, -0.05) is 96.1 Å². The summed E-state index contributed by atoms with van der Waals surface area (Å²) in [7, 11) is 0. The third kappa shape index (κ3) is 11.1. The van der Waals surface area contributed by atoms with Gasteiger partial charge in [-0.3, -0.25) is 0 Å². The average Bonchev–Trinajstić information content (AvgIpc) is 3.29. The summed E-state index contributed by atoms with van der Waals surface area (Å²) in [6, 6.07) is 65.1. The van der Waals surface area contributed by atoms with E-state index < -0.39 is 0 Å². The van der Waals surface area contributed by atoms with Gasteiger partial charge in [0.1, 0.15) is 0 Å². The predicted molar refractivity (Wildman–Crippen MR) is 225 cm³/mol. The van der Waals surface area contributed by atoms with Gasteiger partial charge in [0.15, 0.2) is 17.5 Å². The number of pyridine rings is 3. The molecule has 0 unspecified atom stereocenters. The molecule has 0 aliphatic rings. The predicted octanol–water partition coefficient (Wildman–Crippen LogP) is 11.4. The summed E-state index contributed by atoms with van der Waals surface area (Å²) in [6.07, 6.45) is 5.38. The zero-order chi connectivity index (χ0) is 38.4. The van der Waals surface area contributed by atoms with Crippen LogP contribution in [0.5, 0.6) is 0 Å². The van der Waals surface area contributed by atoms with E-state index in [-0.39, 0.29) is 20.1 Å². The largest absolute Gasteiger partial charge is 3.00 e. The van der Waals surface area contributed by atoms with E-state index in [1.165, 1.54) is 11.1 Å². The van der Waals surface area contributed by atoms with Gasteiger partial charge in [0, 0.05) is 35.3 Å². The molecule has 0 saturated heterocycles. The standard InChI is InChI=1S/C28H21N4.2C11H8N.Ir/c1-19-8-12-22(13-9-19)26-30-27(23-14-10-20(2)11-15-23)32-28(31-26)24-16-17-25(29-18-24)21-6-4-3-5-7-21;2*1-2-6-10(7-3-1)11-8-4-5-9-12-11;/h3-6,8-18H,1-2H3;2*1-6,8-9H;/q3*-1;+3. The molecule has 0 fully saturated rings. The van der Waals surface area contributed by atoms with Crippen molar-refractivity contribution in [2.45, 2.75) is 13.8 Å². The molecule has 6 nitrogen and oxygen atoms in total. The van der Waals surface area contributed by atoms with Gasteiger partial charge in [-0.15, -0.1) is 108 Å². The first-order chi connectivity index (χ1) is 27.6. The van der Waals surface area contributed by atoms with Crippen molar-refractivity contribution in [2.75, 3.05) is 0 Å². The Morgan fingerprint density at radius 2 is 0.719 bits per heavy atom. The second-order valence-electron chi connectivity index (χ2n) is 12.7. The summed E-state index contributed by atoms with van der Waals surface area (Å²) < 4.78 is 0. The minimum atomic E-state index is 0. The summed E-state index contributed by atoms with van der Waals surface area (Å²) in [4.78, 5) is 27.4. The van der Waals surface area contributed by atoms with Crippen LogP contribution in [0, 0.1) is 32.0 Å². The van der Waals surface area contributed by atoms with Gasteiger partial charge in [-0.25, -0.2) is 15.0 Å². The Kier molecular flexibility index (Phi) is 14.1. The maximum Gasteiger partial charge on any atom is 3.00 e. The summed E-state index contributed by atoms with van der Waals surface area (Å²) in [5, 5.41) is 0. The van der Waals surface area contributed by atoms with Crippen LogP contribution < -0.4 is 0 Å². The molecule has 9 aromatic rings. The van der Waals surface area contributed by atoms with Gasteiger partial charge >= 0.3 is 20.1 Å². The maximum atomic E-state index is 4.78. The molecule has 0 aliphatic carbocycles. The molecular weight excluding hydrogens is 877 g/mol. The van der Waals surface area contributed by atoms with Crippen molar-refractivity contribution in [3.63, 3.8) is 0 Å². The zero-order valence-corrected chi connectivity index (χ0v) is 33.8. The topological polar surface area (TPSA) is 77.3 Å². The third-order valence-electron chi connectivity index (χ3n) is 8.56. The summed E-state index contributed by atoms with van der Waals surface area (Å²) in [5.74, 6) is 1.89. The molecule has 4 aromatic heterocycles. The molecule has 0 N–H and O–H groups in total. The van der Waals surface area contributed by atoms with Crippen molar-refractivity contribution >= 4 is 0 Å². The summed E-state index contributed by atoms with van der Waals surface area (Å²) in [6.45, 7) is 4.13. The van der Waals surface area contributed by atoms with E-state index in [0.29, 0.717) is 17.5 Å². The number of aryl methyl sites for hydroxylation is 2. The van der Waals surface area contributed by atoms with Gasteiger partial charge in [0.25, 0.3) is 0 Å². The Morgan fingerprint density at radius 3 is 1.05 bits per heavy atom. The van der Waals surface area contributed by atoms with Crippen molar-refractivity contribution in [3.8, 4) is 67.9 Å². The van der Waals surface area contributed by atoms with Crippen LogP contribution in [-0.4, -0.2) is 29.9 Å². The van der Waals surface area contributed by atoms with Crippen molar-refractivity contribution in [2.24, 2.45) is 0 Å². The van der Waals surface area contributed by atoms with Crippen LogP contribution in [0.2, 0.25) is 0 Å². The Labute approximate surface area is 347 Å². The monoisotopic (exact) mass is 914 g/mol. The number of benzene rings is 5. The molecule has 0 saturated carbocycles. The van der Waals surface area contributed by atoms with Crippen LogP contribution >= 0.6 is 0 Å². The molecule has 5 aromatic carbocycles. The molecule has 0 spiro atoms. The van der Waals surface area contributed by atoms with E-state index in [1.807, 2.05) is 152 Å². The van der Waals surface area contributed by atoms with Crippen LogP contribution in [-0.2, 0) is 20.1 Å². The van der Waals surface area contributed by atoms with Crippen molar-refractivity contribution in [3.05, 3.63) is 218 Å². The molecule has 7 heteroatoms. The van der Waals surface area contributed by atoms with Gasteiger partial charge in [-0.05, 0) is 43.1 Å². The Morgan fingerprint density at radius 1 is 0.351 bits per heavy atom. The van der Waals surface area contributed by atoms with Gasteiger partial charge in [0.05, 0.1) is 0 Å². The SMILES string of the molecule is Cc1ccc(-c2nc(-c3ccc(C)cc3)nc(-c3ccc(-c4[c-]cccc4)nc3)n2)cc1.[Ir+3].[c-]1ccccc1-c1ccccn1.[c-]1ccccc1-c1ccccn1. The fourth-order valence-electron chi connectivity index (χ4n) is 5.56. The first kappa shape index (κ1) is 39.9. The summed E-state index contributed by atoms with van der Waals surface area (Å²) in [5.41, 5.74) is 11.0. The molecule has 0 aliphatic heterocycles. The first-order valence-electron chi connectivity index (χ1n) is 18.2. The van der Waals surface area contributed by atoms with E-state index in [4.69, 9.17) is 15.0 Å². The fraction of sp³-hybridized carbons (Fsp3) is 0.0400. The van der Waals surface area contributed by atoms with Crippen LogP contribution in [0.1, 0.15) is 11.1 Å². The molecule has 0 radical (unpaired) electrons. The van der Waals surface area contributed by atoms with Crippen molar-refractivity contribution in [1.82, 2.24) is 29.9 Å². The normalized spacial score (nSPS) is 10.1. The molecule has 4 heterocycles. The van der Waals surface area contributed by atoms with Gasteiger partial charge < -0.3 is 15.0 Å². The zero-order valence-electron chi connectivity index (χ0n) is 31.4. The van der Waals surface area contributed by atoms with E-state index in [9.17, 15) is 0 Å². The second-order valence-corrected chi connectivity index (χ2v) is 12.7. The van der Waals surface area contributed by atoms with Crippen LogP contribution in [0.25, 0.3) is 67.9 Å². The minimum absolute atomic E-state index is 0. The number of hydrogen-bond acceptors (Lipinski definition) is 6. The molecule has 276 valence electrons. The number of rotatable bonds is 6. The number of aromatic nitrogens is 6. The summed E-state index contributed by atoms with van der Waals surface area (Å²) >= 11 is 0. The van der Waals surface area contributed by atoms with Gasteiger partial charge in [-0.2, -0.15) is 0 Å². The molecule has 0 atom stereocenters. The van der Waals surface area contributed by atoms with E-state index in [0.717, 1.165) is 50.5 Å². The maximum absolute atomic E-state index is 4.78. The molecular formula is C50H37IrN6. The van der Waals surface area contributed by atoms with Gasteiger partial charge in [0.2, 0.25) is 0 Å². The van der Waals surface area contributed by atoms with E-state index in [2.05, 4.69) is 71.3 Å². The van der Waals surface area contributed by atoms with E-state index in [1.54, 1.807) is 12.4 Å². The average molecular weight is 914 g/mol. The molecule has 0 bridgehead atoms. The second kappa shape index (κ2) is 20.2. The van der Waals surface area contributed by atoms with E-state index >= 15 is 0 Å². The smallest absolute Gasteiger partial charge is 0.305 e. The number of hydrogen-bond donors (Lipinski definition) is 0. The molecule has 0 amide bonds. The molecule has 9 rings (SSSR count). The fourth-order valence-corrected chi connectivity index (χ4v) is 5.56. The van der Waals surface area contributed by atoms with Crippen molar-refractivity contribution < 1.29 is 20.1 Å².